The first-order valence-electron chi connectivity index (χ1n) is 7.10. The maximum Gasteiger partial charge on any atom is 0.251 e. The van der Waals surface area contributed by atoms with E-state index in [0.717, 1.165) is 17.4 Å². The van der Waals surface area contributed by atoms with Crippen molar-refractivity contribution in [3.63, 3.8) is 0 Å². The van der Waals surface area contributed by atoms with Gasteiger partial charge in [-0.25, -0.2) is 0 Å². The van der Waals surface area contributed by atoms with Crippen molar-refractivity contribution in [2.45, 2.75) is 38.6 Å². The lowest BCUT2D eigenvalue weighted by Gasteiger charge is -2.28. The second kappa shape index (κ2) is 4.75. The van der Waals surface area contributed by atoms with Crippen LogP contribution in [-0.4, -0.2) is 11.9 Å². The molecule has 2 bridgehead atoms. The van der Waals surface area contributed by atoms with Gasteiger partial charge in [-0.1, -0.05) is 24.6 Å². The van der Waals surface area contributed by atoms with Gasteiger partial charge in [-0.2, -0.15) is 0 Å². The summed E-state index contributed by atoms with van der Waals surface area (Å²) in [6, 6.07) is 9.84. The third kappa shape index (κ3) is 2.16. The van der Waals surface area contributed by atoms with Crippen LogP contribution in [0.2, 0.25) is 0 Å². The van der Waals surface area contributed by atoms with E-state index in [-0.39, 0.29) is 5.91 Å². The fourth-order valence-electron chi connectivity index (χ4n) is 3.89. The Morgan fingerprint density at radius 1 is 1.22 bits per heavy atom. The maximum absolute atomic E-state index is 12.1. The van der Waals surface area contributed by atoms with E-state index in [1.54, 1.807) is 0 Å². The second-order valence-electron chi connectivity index (χ2n) is 5.97. The van der Waals surface area contributed by atoms with Crippen molar-refractivity contribution in [2.75, 3.05) is 0 Å². The molecule has 2 aliphatic rings. The zero-order chi connectivity index (χ0) is 12.5. The first-order valence-corrected chi connectivity index (χ1v) is 7.10. The molecule has 4 atom stereocenters. The van der Waals surface area contributed by atoms with Crippen LogP contribution in [0.1, 0.15) is 43.0 Å². The van der Waals surface area contributed by atoms with Crippen LogP contribution in [0.15, 0.2) is 30.3 Å². The van der Waals surface area contributed by atoms with Crippen molar-refractivity contribution < 1.29 is 4.79 Å². The Kier molecular flexibility index (Phi) is 3.11. The van der Waals surface area contributed by atoms with Gasteiger partial charge in [-0.05, 0) is 56.1 Å². The molecule has 0 spiro atoms. The van der Waals surface area contributed by atoms with Crippen molar-refractivity contribution in [3.8, 4) is 0 Å². The molecule has 2 aliphatic carbocycles. The lowest BCUT2D eigenvalue weighted by atomic mass is 9.84. The molecule has 0 unspecified atom stereocenters. The molecule has 1 amide bonds. The summed E-state index contributed by atoms with van der Waals surface area (Å²) in [5.74, 6) is 2.58. The predicted molar refractivity (Wildman–Crippen MR) is 72.3 cm³/mol. The van der Waals surface area contributed by atoms with Crippen LogP contribution in [0.25, 0.3) is 0 Å². The summed E-state index contributed by atoms with van der Waals surface area (Å²) in [4.78, 5) is 12.1. The molecule has 2 nitrogen and oxygen atoms in total. The Balaban J connectivity index is 1.61. The van der Waals surface area contributed by atoms with Gasteiger partial charge in [0.25, 0.3) is 5.91 Å². The Morgan fingerprint density at radius 2 is 2.00 bits per heavy atom. The van der Waals surface area contributed by atoms with Gasteiger partial charge in [0.2, 0.25) is 0 Å². The Hall–Kier alpha value is -1.31. The maximum atomic E-state index is 12.1. The van der Waals surface area contributed by atoms with Crippen molar-refractivity contribution >= 4 is 5.91 Å². The SMILES string of the molecule is C[C@H](NC(=O)c1ccccc1)[C@@H]1C[C@H]2CC[C@H]1C2. The number of benzene rings is 1. The Morgan fingerprint density at radius 3 is 2.61 bits per heavy atom. The minimum atomic E-state index is 0.0749. The number of amides is 1. The molecule has 2 heteroatoms. The summed E-state index contributed by atoms with van der Waals surface area (Å²) in [5, 5.41) is 3.18. The zero-order valence-corrected chi connectivity index (χ0v) is 10.9. The minimum absolute atomic E-state index is 0.0749. The van der Waals surface area contributed by atoms with Crippen LogP contribution in [0, 0.1) is 17.8 Å². The molecule has 3 rings (SSSR count). The predicted octanol–water partition coefficient (Wildman–Crippen LogP) is 3.24. The van der Waals surface area contributed by atoms with Crippen LogP contribution in [0.5, 0.6) is 0 Å². The highest BCUT2D eigenvalue weighted by Gasteiger charge is 2.42. The normalized spacial score (nSPS) is 31.3. The largest absolute Gasteiger partial charge is 0.349 e. The molecule has 1 N–H and O–H groups in total. The second-order valence-corrected chi connectivity index (χ2v) is 5.97. The van der Waals surface area contributed by atoms with Gasteiger partial charge in [0, 0.05) is 11.6 Å². The third-order valence-electron chi connectivity index (χ3n) is 4.83. The van der Waals surface area contributed by atoms with E-state index in [1.807, 2.05) is 30.3 Å². The Labute approximate surface area is 109 Å². The molecule has 0 radical (unpaired) electrons. The van der Waals surface area contributed by atoms with Gasteiger partial charge in [-0.15, -0.1) is 0 Å². The van der Waals surface area contributed by atoms with E-state index >= 15 is 0 Å². The van der Waals surface area contributed by atoms with Crippen molar-refractivity contribution in [1.29, 1.82) is 0 Å². The van der Waals surface area contributed by atoms with Crippen LogP contribution in [-0.2, 0) is 0 Å². The van der Waals surface area contributed by atoms with Crippen LogP contribution < -0.4 is 5.32 Å². The first kappa shape index (κ1) is 11.8. The molecule has 0 aliphatic heterocycles. The third-order valence-corrected chi connectivity index (χ3v) is 4.83. The number of rotatable bonds is 3. The standard InChI is InChI=1S/C16H21NO/c1-11(15-10-12-7-8-14(15)9-12)17-16(18)13-5-3-2-4-6-13/h2-6,11-12,14-15H,7-10H2,1H3,(H,17,18)/t11-,12-,14-,15-/m0/s1. The summed E-state index contributed by atoms with van der Waals surface area (Å²) in [6.07, 6.45) is 5.51. The topological polar surface area (TPSA) is 29.1 Å². The van der Waals surface area contributed by atoms with E-state index in [1.165, 1.54) is 25.7 Å². The summed E-state index contributed by atoms with van der Waals surface area (Å²) in [7, 11) is 0. The fourth-order valence-corrected chi connectivity index (χ4v) is 3.89. The van der Waals surface area contributed by atoms with E-state index in [9.17, 15) is 4.79 Å². The molecular formula is C16H21NO. The van der Waals surface area contributed by atoms with Crippen LogP contribution in [0.4, 0.5) is 0 Å². The molecule has 1 aromatic carbocycles. The smallest absolute Gasteiger partial charge is 0.251 e. The Bertz CT molecular complexity index is 428. The van der Waals surface area contributed by atoms with E-state index in [4.69, 9.17) is 0 Å². The number of hydrogen-bond acceptors (Lipinski definition) is 1. The zero-order valence-electron chi connectivity index (χ0n) is 10.9. The number of carbonyl (C=O) groups excluding carboxylic acids is 1. The van der Waals surface area contributed by atoms with Crippen LogP contribution in [0.3, 0.4) is 0 Å². The summed E-state index contributed by atoms with van der Waals surface area (Å²) in [5.41, 5.74) is 0.771. The summed E-state index contributed by atoms with van der Waals surface area (Å²) >= 11 is 0. The highest BCUT2D eigenvalue weighted by atomic mass is 16.1. The first-order chi connectivity index (χ1) is 8.74. The van der Waals surface area contributed by atoms with Crippen molar-refractivity contribution in [1.82, 2.24) is 5.32 Å². The van der Waals surface area contributed by atoms with E-state index in [0.29, 0.717) is 12.0 Å². The molecule has 2 saturated carbocycles. The molecular weight excluding hydrogens is 222 g/mol. The molecule has 0 aromatic heterocycles. The van der Waals surface area contributed by atoms with Gasteiger partial charge < -0.3 is 5.32 Å². The average Bonchev–Trinajstić information content (AvgIpc) is 3.02. The van der Waals surface area contributed by atoms with Crippen molar-refractivity contribution in [2.24, 2.45) is 17.8 Å². The molecule has 2 fully saturated rings. The molecule has 1 aromatic rings. The monoisotopic (exact) mass is 243 g/mol. The van der Waals surface area contributed by atoms with Gasteiger partial charge in [0.1, 0.15) is 0 Å². The van der Waals surface area contributed by atoms with E-state index < -0.39 is 0 Å². The lowest BCUT2D eigenvalue weighted by Crippen LogP contribution is -2.40. The number of carbonyl (C=O) groups is 1. The fraction of sp³-hybridized carbons (Fsp3) is 0.562. The van der Waals surface area contributed by atoms with Gasteiger partial charge in [0.05, 0.1) is 0 Å². The summed E-state index contributed by atoms with van der Waals surface area (Å²) < 4.78 is 0. The number of fused-ring (bicyclic) bond motifs is 2. The van der Waals surface area contributed by atoms with Crippen molar-refractivity contribution in [3.05, 3.63) is 35.9 Å². The highest BCUT2D eigenvalue weighted by Crippen LogP contribution is 2.49. The molecule has 0 heterocycles. The molecule has 96 valence electrons. The molecule has 0 saturated heterocycles. The van der Waals surface area contributed by atoms with Gasteiger partial charge in [-0.3, -0.25) is 4.79 Å². The average molecular weight is 243 g/mol. The summed E-state index contributed by atoms with van der Waals surface area (Å²) in [6.45, 7) is 2.17. The van der Waals surface area contributed by atoms with Gasteiger partial charge in [0.15, 0.2) is 0 Å². The van der Waals surface area contributed by atoms with E-state index in [2.05, 4.69) is 12.2 Å². The quantitative estimate of drug-likeness (QED) is 0.867. The lowest BCUT2D eigenvalue weighted by molar-refractivity contribution is 0.0915. The number of nitrogens with one attached hydrogen (secondary N) is 1. The molecule has 18 heavy (non-hydrogen) atoms. The van der Waals surface area contributed by atoms with Gasteiger partial charge >= 0.3 is 0 Å². The van der Waals surface area contributed by atoms with Crippen LogP contribution >= 0.6 is 0 Å². The minimum Gasteiger partial charge on any atom is -0.349 e. The number of hydrogen-bond donors (Lipinski definition) is 1. The highest BCUT2D eigenvalue weighted by molar-refractivity contribution is 5.94.